The van der Waals surface area contributed by atoms with Crippen LogP contribution in [-0.4, -0.2) is 30.1 Å². The molecule has 0 aliphatic carbocycles. The van der Waals surface area contributed by atoms with Crippen molar-refractivity contribution in [2.75, 3.05) is 13.2 Å². The van der Waals surface area contributed by atoms with Crippen LogP contribution in [0.3, 0.4) is 0 Å². The number of carbonyl (C=O) groups excluding carboxylic acids is 1. The molecule has 39 heavy (non-hydrogen) atoms. The van der Waals surface area contributed by atoms with Gasteiger partial charge in [0.2, 0.25) is 0 Å². The van der Waals surface area contributed by atoms with Gasteiger partial charge in [-0.25, -0.2) is 0 Å². The Morgan fingerprint density at radius 2 is 1.69 bits per heavy atom. The predicted octanol–water partition coefficient (Wildman–Crippen LogP) is 5.94. The Morgan fingerprint density at radius 3 is 2.38 bits per heavy atom. The number of aliphatic carboxylic acids is 1. The highest BCUT2D eigenvalue weighted by atomic mass is 16.5. The molecule has 1 amide bonds. The number of benzene rings is 4. The van der Waals surface area contributed by atoms with Crippen molar-refractivity contribution in [2.24, 2.45) is 0 Å². The monoisotopic (exact) mass is 518 g/mol. The summed E-state index contributed by atoms with van der Waals surface area (Å²) in [6.45, 7) is 0.776. The van der Waals surface area contributed by atoms with Crippen molar-refractivity contribution in [3.05, 3.63) is 113 Å². The van der Waals surface area contributed by atoms with Crippen LogP contribution in [0.4, 0.5) is 0 Å². The van der Waals surface area contributed by atoms with Gasteiger partial charge in [-0.05, 0) is 59.9 Å². The first kappa shape index (κ1) is 25.6. The fourth-order valence-electron chi connectivity index (χ4n) is 4.56. The second kappa shape index (κ2) is 11.5. The molecular formula is C32H26N2O5. The SMILES string of the molecule is N#Cc1cc2c(cc1Oc1ccc(C(=O)NCCc3ccc(-c4ccccc4)cc3)cc1)OCCC2C(=O)O. The Balaban J connectivity index is 1.18. The number of rotatable bonds is 8. The summed E-state index contributed by atoms with van der Waals surface area (Å²) in [5.41, 5.74) is 4.62. The fourth-order valence-corrected chi connectivity index (χ4v) is 4.56. The molecule has 2 N–H and O–H groups in total. The number of ether oxygens (including phenoxy) is 2. The van der Waals surface area contributed by atoms with Gasteiger partial charge in [-0.1, -0.05) is 54.6 Å². The average molecular weight is 519 g/mol. The normalized spacial score (nSPS) is 13.9. The van der Waals surface area contributed by atoms with Crippen LogP contribution in [-0.2, 0) is 11.2 Å². The molecule has 0 saturated heterocycles. The van der Waals surface area contributed by atoms with Crippen LogP contribution >= 0.6 is 0 Å². The quantitative estimate of drug-likeness (QED) is 0.299. The first-order chi connectivity index (χ1) is 19.0. The van der Waals surface area contributed by atoms with E-state index in [1.807, 2.05) is 18.2 Å². The zero-order valence-electron chi connectivity index (χ0n) is 21.1. The maximum Gasteiger partial charge on any atom is 0.311 e. The van der Waals surface area contributed by atoms with Crippen molar-refractivity contribution in [3.63, 3.8) is 0 Å². The van der Waals surface area contributed by atoms with E-state index in [1.54, 1.807) is 30.3 Å². The van der Waals surface area contributed by atoms with Crippen molar-refractivity contribution in [2.45, 2.75) is 18.8 Å². The molecule has 194 valence electrons. The molecule has 4 aromatic carbocycles. The number of carboxylic acids is 1. The van der Waals surface area contributed by atoms with E-state index in [0.29, 0.717) is 42.0 Å². The van der Waals surface area contributed by atoms with Crippen molar-refractivity contribution >= 4 is 11.9 Å². The molecule has 0 fully saturated rings. The van der Waals surface area contributed by atoms with Crippen LogP contribution in [0.1, 0.15) is 39.4 Å². The smallest absolute Gasteiger partial charge is 0.311 e. The maximum absolute atomic E-state index is 12.6. The number of amides is 1. The predicted molar refractivity (Wildman–Crippen MR) is 146 cm³/mol. The molecule has 1 heterocycles. The number of hydrogen-bond acceptors (Lipinski definition) is 5. The summed E-state index contributed by atoms with van der Waals surface area (Å²) in [6.07, 6.45) is 1.06. The van der Waals surface area contributed by atoms with Crippen LogP contribution in [0, 0.1) is 11.3 Å². The Bertz CT molecular complexity index is 1520. The zero-order chi connectivity index (χ0) is 27.2. The van der Waals surface area contributed by atoms with Crippen LogP contribution < -0.4 is 14.8 Å². The molecule has 0 saturated carbocycles. The molecule has 7 heteroatoms. The fraction of sp³-hybridized carbons (Fsp3) is 0.156. The van der Waals surface area contributed by atoms with E-state index in [0.717, 1.165) is 11.1 Å². The third-order valence-electron chi connectivity index (χ3n) is 6.67. The molecule has 1 unspecified atom stereocenters. The Kier molecular flexibility index (Phi) is 7.56. The molecule has 1 atom stereocenters. The van der Waals surface area contributed by atoms with Crippen molar-refractivity contribution in [1.82, 2.24) is 5.32 Å². The lowest BCUT2D eigenvalue weighted by atomic mass is 9.91. The lowest BCUT2D eigenvalue weighted by molar-refractivity contribution is -0.139. The Morgan fingerprint density at radius 1 is 0.974 bits per heavy atom. The van der Waals surface area contributed by atoms with Gasteiger partial charge >= 0.3 is 5.97 Å². The molecule has 5 rings (SSSR count). The molecule has 0 radical (unpaired) electrons. The molecule has 0 aromatic heterocycles. The Labute approximate surface area is 226 Å². The van der Waals surface area contributed by atoms with E-state index in [2.05, 4.69) is 47.8 Å². The molecule has 0 bridgehead atoms. The first-order valence-electron chi connectivity index (χ1n) is 12.7. The highest BCUT2D eigenvalue weighted by molar-refractivity contribution is 5.94. The number of fused-ring (bicyclic) bond motifs is 1. The highest BCUT2D eigenvalue weighted by Crippen LogP contribution is 2.39. The third-order valence-corrected chi connectivity index (χ3v) is 6.67. The number of carbonyl (C=O) groups is 2. The van der Waals surface area contributed by atoms with Gasteiger partial charge in [0.15, 0.2) is 0 Å². The molecular weight excluding hydrogens is 492 g/mol. The largest absolute Gasteiger partial charge is 0.493 e. The van der Waals surface area contributed by atoms with Gasteiger partial charge in [0.05, 0.1) is 18.1 Å². The standard InChI is InChI=1S/C32H26N2O5/c33-20-25-18-28-27(32(36)37)15-17-38-30(28)19-29(25)39-26-12-10-24(11-13-26)31(35)34-16-14-21-6-8-23(9-7-21)22-4-2-1-3-5-22/h1-13,18-19,27H,14-17H2,(H,34,35)(H,36,37). The van der Waals surface area contributed by atoms with E-state index < -0.39 is 11.9 Å². The van der Waals surface area contributed by atoms with Crippen LogP contribution in [0.25, 0.3) is 11.1 Å². The summed E-state index contributed by atoms with van der Waals surface area (Å²) < 4.78 is 11.5. The highest BCUT2D eigenvalue weighted by Gasteiger charge is 2.29. The van der Waals surface area contributed by atoms with E-state index in [1.165, 1.54) is 11.6 Å². The van der Waals surface area contributed by atoms with Gasteiger partial charge in [0.1, 0.15) is 23.3 Å². The number of nitrogens with one attached hydrogen (secondary N) is 1. The maximum atomic E-state index is 12.6. The summed E-state index contributed by atoms with van der Waals surface area (Å²) in [6, 6.07) is 30.2. The van der Waals surface area contributed by atoms with Gasteiger partial charge < -0.3 is 19.9 Å². The molecule has 1 aliphatic rings. The van der Waals surface area contributed by atoms with Crippen LogP contribution in [0.2, 0.25) is 0 Å². The van der Waals surface area contributed by atoms with E-state index >= 15 is 0 Å². The summed E-state index contributed by atoms with van der Waals surface area (Å²) in [7, 11) is 0. The number of carboxylic acid groups (broad SMARTS) is 1. The summed E-state index contributed by atoms with van der Waals surface area (Å²) >= 11 is 0. The lowest BCUT2D eigenvalue weighted by Gasteiger charge is -2.24. The van der Waals surface area contributed by atoms with Gasteiger partial charge in [-0.3, -0.25) is 9.59 Å². The number of nitrogens with zero attached hydrogens (tertiary/aromatic N) is 1. The molecule has 1 aliphatic heterocycles. The van der Waals surface area contributed by atoms with Crippen molar-refractivity contribution in [1.29, 1.82) is 5.26 Å². The first-order valence-corrected chi connectivity index (χ1v) is 12.7. The molecule has 7 nitrogen and oxygen atoms in total. The second-order valence-electron chi connectivity index (χ2n) is 9.22. The Hall–Kier alpha value is -5.09. The minimum atomic E-state index is -0.952. The summed E-state index contributed by atoms with van der Waals surface area (Å²) in [4.78, 5) is 24.2. The number of nitriles is 1. The zero-order valence-corrected chi connectivity index (χ0v) is 21.1. The lowest BCUT2D eigenvalue weighted by Crippen LogP contribution is -2.25. The molecule has 4 aromatic rings. The van der Waals surface area contributed by atoms with Crippen molar-refractivity contribution < 1.29 is 24.2 Å². The van der Waals surface area contributed by atoms with E-state index in [-0.39, 0.29) is 23.8 Å². The summed E-state index contributed by atoms with van der Waals surface area (Å²) in [5, 5.41) is 22.0. The average Bonchev–Trinajstić information content (AvgIpc) is 2.97. The van der Waals surface area contributed by atoms with Gasteiger partial charge in [-0.2, -0.15) is 5.26 Å². The minimum absolute atomic E-state index is 0.193. The number of hydrogen-bond donors (Lipinski definition) is 2. The van der Waals surface area contributed by atoms with Gasteiger partial charge in [-0.15, -0.1) is 0 Å². The van der Waals surface area contributed by atoms with Gasteiger partial charge in [0.25, 0.3) is 5.91 Å². The topological polar surface area (TPSA) is 109 Å². The second-order valence-corrected chi connectivity index (χ2v) is 9.22. The molecule has 0 spiro atoms. The van der Waals surface area contributed by atoms with Crippen molar-refractivity contribution in [3.8, 4) is 34.4 Å². The minimum Gasteiger partial charge on any atom is -0.493 e. The van der Waals surface area contributed by atoms with E-state index in [9.17, 15) is 20.0 Å². The van der Waals surface area contributed by atoms with Crippen LogP contribution in [0.15, 0.2) is 91.0 Å². The third kappa shape index (κ3) is 5.91. The van der Waals surface area contributed by atoms with Gasteiger partial charge in [0, 0.05) is 23.7 Å². The summed E-state index contributed by atoms with van der Waals surface area (Å²) in [5.74, 6) is -0.770. The van der Waals surface area contributed by atoms with Crippen LogP contribution in [0.5, 0.6) is 17.2 Å². The van der Waals surface area contributed by atoms with E-state index in [4.69, 9.17) is 9.47 Å².